The van der Waals surface area contributed by atoms with Crippen molar-refractivity contribution in [3.05, 3.63) is 59.0 Å². The second kappa shape index (κ2) is 6.56. The van der Waals surface area contributed by atoms with E-state index >= 15 is 0 Å². The summed E-state index contributed by atoms with van der Waals surface area (Å²) in [6, 6.07) is 16.2. The van der Waals surface area contributed by atoms with E-state index in [1.54, 1.807) is 0 Å². The van der Waals surface area contributed by atoms with Crippen molar-refractivity contribution >= 4 is 22.4 Å². The molecule has 1 aliphatic carbocycles. The summed E-state index contributed by atoms with van der Waals surface area (Å²) in [5.41, 5.74) is 3.94. The van der Waals surface area contributed by atoms with Crippen LogP contribution in [0.3, 0.4) is 0 Å². The molecule has 4 heteroatoms. The maximum absolute atomic E-state index is 12.4. The summed E-state index contributed by atoms with van der Waals surface area (Å²) in [7, 11) is 0. The number of para-hydroxylation sites is 1. The second-order valence-electron chi connectivity index (χ2n) is 6.77. The molecular weight excluding hydrogens is 298 g/mol. The highest BCUT2D eigenvalue weighted by Gasteiger charge is 2.16. The molecular formula is C20H23N3O. The van der Waals surface area contributed by atoms with Gasteiger partial charge in [0.15, 0.2) is 0 Å². The number of imidazole rings is 1. The van der Waals surface area contributed by atoms with E-state index in [9.17, 15) is 4.79 Å². The Bertz CT molecular complexity index is 873. The molecule has 2 aromatic carbocycles. The third kappa shape index (κ3) is 3.09. The van der Waals surface area contributed by atoms with Crippen LogP contribution in [0.1, 0.15) is 32.1 Å². The van der Waals surface area contributed by atoms with Crippen LogP contribution in [0.4, 0.5) is 11.4 Å². The Morgan fingerprint density at radius 1 is 1.00 bits per heavy atom. The second-order valence-corrected chi connectivity index (χ2v) is 6.77. The van der Waals surface area contributed by atoms with Gasteiger partial charge in [-0.1, -0.05) is 37.5 Å². The van der Waals surface area contributed by atoms with Gasteiger partial charge in [-0.3, -0.25) is 4.57 Å². The van der Waals surface area contributed by atoms with Gasteiger partial charge in [-0.25, -0.2) is 4.79 Å². The fourth-order valence-corrected chi connectivity index (χ4v) is 3.74. The number of hydrogen-bond acceptors (Lipinski definition) is 2. The first-order valence-corrected chi connectivity index (χ1v) is 8.84. The van der Waals surface area contributed by atoms with Crippen molar-refractivity contribution in [3.8, 4) is 0 Å². The molecule has 0 radical (unpaired) electrons. The Morgan fingerprint density at radius 2 is 1.79 bits per heavy atom. The quantitative estimate of drug-likeness (QED) is 0.734. The third-order valence-electron chi connectivity index (χ3n) is 5.00. The molecule has 1 aromatic heterocycles. The Kier molecular flexibility index (Phi) is 4.11. The van der Waals surface area contributed by atoms with Gasteiger partial charge in [0.2, 0.25) is 0 Å². The summed E-state index contributed by atoms with van der Waals surface area (Å²) >= 11 is 0. The molecule has 0 saturated heterocycles. The topological polar surface area (TPSA) is 49.8 Å². The van der Waals surface area contributed by atoms with Gasteiger partial charge in [0, 0.05) is 17.9 Å². The molecule has 1 saturated carbocycles. The molecule has 0 unspecified atom stereocenters. The molecule has 0 amide bonds. The van der Waals surface area contributed by atoms with Gasteiger partial charge in [-0.15, -0.1) is 0 Å². The number of rotatable bonds is 4. The lowest BCUT2D eigenvalue weighted by Crippen LogP contribution is -2.22. The molecule has 124 valence electrons. The highest BCUT2D eigenvalue weighted by atomic mass is 16.1. The standard InChI is InChI=1S/C20H23N3O/c24-20-22-18-13-17(21-16-9-5-2-6-10-16)11-12-19(18)23(20)14-15-7-3-1-4-8-15/h2,5-6,9-13,15,21H,1,3-4,7-8,14H2,(H,22,24). The maximum atomic E-state index is 12.4. The number of aromatic amines is 1. The van der Waals surface area contributed by atoms with Crippen LogP contribution in [0.25, 0.3) is 11.0 Å². The molecule has 0 bridgehead atoms. The van der Waals surface area contributed by atoms with Crippen LogP contribution >= 0.6 is 0 Å². The summed E-state index contributed by atoms with van der Waals surface area (Å²) in [5.74, 6) is 0.637. The molecule has 1 heterocycles. The fraction of sp³-hybridized carbons (Fsp3) is 0.350. The number of fused-ring (bicyclic) bond motifs is 1. The Hall–Kier alpha value is -2.49. The van der Waals surface area contributed by atoms with Gasteiger partial charge >= 0.3 is 5.69 Å². The molecule has 0 atom stereocenters. The molecule has 1 fully saturated rings. The van der Waals surface area contributed by atoms with Gasteiger partial charge in [0.25, 0.3) is 0 Å². The number of H-pyrrole nitrogens is 1. The summed E-state index contributed by atoms with van der Waals surface area (Å²) in [6.45, 7) is 0.838. The number of benzene rings is 2. The van der Waals surface area contributed by atoms with Gasteiger partial charge < -0.3 is 10.3 Å². The molecule has 1 aliphatic rings. The van der Waals surface area contributed by atoms with E-state index in [0.717, 1.165) is 29.0 Å². The van der Waals surface area contributed by atoms with E-state index in [-0.39, 0.29) is 5.69 Å². The van der Waals surface area contributed by atoms with Crippen molar-refractivity contribution in [3.63, 3.8) is 0 Å². The van der Waals surface area contributed by atoms with Crippen molar-refractivity contribution in [2.24, 2.45) is 5.92 Å². The lowest BCUT2D eigenvalue weighted by Gasteiger charge is -2.21. The average molecular weight is 321 g/mol. The van der Waals surface area contributed by atoms with E-state index in [2.05, 4.69) is 10.3 Å². The van der Waals surface area contributed by atoms with Crippen LogP contribution in [0.15, 0.2) is 53.3 Å². The minimum absolute atomic E-state index is 0.00688. The van der Waals surface area contributed by atoms with Crippen molar-refractivity contribution in [1.82, 2.24) is 9.55 Å². The molecule has 3 aromatic rings. The van der Waals surface area contributed by atoms with Crippen LogP contribution < -0.4 is 11.0 Å². The first-order valence-electron chi connectivity index (χ1n) is 8.84. The van der Waals surface area contributed by atoms with Crippen LogP contribution in [0, 0.1) is 5.92 Å². The lowest BCUT2D eigenvalue weighted by atomic mass is 9.89. The largest absolute Gasteiger partial charge is 0.355 e. The fourth-order valence-electron chi connectivity index (χ4n) is 3.74. The van der Waals surface area contributed by atoms with Crippen LogP contribution in [0.5, 0.6) is 0 Å². The lowest BCUT2D eigenvalue weighted by molar-refractivity contribution is 0.319. The number of nitrogens with one attached hydrogen (secondary N) is 2. The molecule has 0 spiro atoms. The zero-order valence-corrected chi connectivity index (χ0v) is 13.8. The SMILES string of the molecule is O=c1[nH]c2cc(Nc3ccccc3)ccc2n1CC1CCCCC1. The normalized spacial score (nSPS) is 15.7. The van der Waals surface area contributed by atoms with E-state index in [1.807, 2.05) is 53.1 Å². The predicted octanol–water partition coefficient (Wildman–Crippen LogP) is 4.65. The van der Waals surface area contributed by atoms with Crippen LogP contribution in [-0.2, 0) is 6.54 Å². The Balaban J connectivity index is 1.60. The van der Waals surface area contributed by atoms with Crippen LogP contribution in [-0.4, -0.2) is 9.55 Å². The first-order chi connectivity index (χ1) is 11.8. The predicted molar refractivity (Wildman–Crippen MR) is 98.9 cm³/mol. The summed E-state index contributed by atoms with van der Waals surface area (Å²) < 4.78 is 1.91. The zero-order chi connectivity index (χ0) is 16.4. The van der Waals surface area contributed by atoms with Crippen molar-refractivity contribution in [2.45, 2.75) is 38.6 Å². The van der Waals surface area contributed by atoms with Crippen molar-refractivity contribution in [1.29, 1.82) is 0 Å². The van der Waals surface area contributed by atoms with Crippen LogP contribution in [0.2, 0.25) is 0 Å². The highest BCUT2D eigenvalue weighted by Crippen LogP contribution is 2.26. The van der Waals surface area contributed by atoms with E-state index in [1.165, 1.54) is 32.1 Å². The number of nitrogens with zero attached hydrogens (tertiary/aromatic N) is 1. The van der Waals surface area contributed by atoms with Gasteiger partial charge in [-0.05, 0) is 49.1 Å². The Labute approximate surface area is 141 Å². The first kappa shape index (κ1) is 15.1. The molecule has 4 rings (SSSR count). The van der Waals surface area contributed by atoms with Gasteiger partial charge in [0.05, 0.1) is 11.0 Å². The molecule has 4 nitrogen and oxygen atoms in total. The summed E-state index contributed by atoms with van der Waals surface area (Å²) in [6.07, 6.45) is 6.42. The summed E-state index contributed by atoms with van der Waals surface area (Å²) in [5, 5.41) is 3.37. The maximum Gasteiger partial charge on any atom is 0.326 e. The summed E-state index contributed by atoms with van der Waals surface area (Å²) in [4.78, 5) is 15.4. The molecule has 2 N–H and O–H groups in total. The minimum atomic E-state index is 0.00688. The molecule has 0 aliphatic heterocycles. The average Bonchev–Trinajstić information content (AvgIpc) is 2.92. The monoisotopic (exact) mass is 321 g/mol. The number of aromatic nitrogens is 2. The zero-order valence-electron chi connectivity index (χ0n) is 13.8. The number of anilines is 2. The van der Waals surface area contributed by atoms with Crippen molar-refractivity contribution < 1.29 is 0 Å². The number of hydrogen-bond donors (Lipinski definition) is 2. The van der Waals surface area contributed by atoms with E-state index < -0.39 is 0 Å². The molecule has 24 heavy (non-hydrogen) atoms. The van der Waals surface area contributed by atoms with E-state index in [0.29, 0.717) is 5.92 Å². The smallest absolute Gasteiger partial charge is 0.326 e. The Morgan fingerprint density at radius 3 is 2.58 bits per heavy atom. The highest BCUT2D eigenvalue weighted by molar-refractivity contribution is 5.80. The third-order valence-corrected chi connectivity index (χ3v) is 5.00. The van der Waals surface area contributed by atoms with Crippen molar-refractivity contribution in [2.75, 3.05) is 5.32 Å². The van der Waals surface area contributed by atoms with E-state index in [4.69, 9.17) is 0 Å². The minimum Gasteiger partial charge on any atom is -0.355 e. The van der Waals surface area contributed by atoms with Gasteiger partial charge in [-0.2, -0.15) is 0 Å². The van der Waals surface area contributed by atoms with Gasteiger partial charge in [0.1, 0.15) is 0 Å².